The van der Waals surface area contributed by atoms with E-state index in [2.05, 4.69) is 0 Å². The van der Waals surface area contributed by atoms with E-state index in [1.54, 1.807) is 0 Å². The first-order valence-corrected chi connectivity index (χ1v) is 10.2. The summed E-state index contributed by atoms with van der Waals surface area (Å²) in [6.07, 6.45) is -4.75. The summed E-state index contributed by atoms with van der Waals surface area (Å²) in [7, 11) is 0. The number of allylic oxidation sites excluding steroid dienone is 1. The zero-order valence-corrected chi connectivity index (χ0v) is 18.5. The van der Waals surface area contributed by atoms with Crippen molar-refractivity contribution in [2.24, 2.45) is 0 Å². The van der Waals surface area contributed by atoms with Gasteiger partial charge in [-0.1, -0.05) is 25.1 Å². The summed E-state index contributed by atoms with van der Waals surface area (Å²) in [4.78, 5) is 44.6. The molecule has 0 saturated carbocycles. The van der Waals surface area contributed by atoms with E-state index in [9.17, 15) is 27.6 Å². The number of hydrogen-bond acceptors (Lipinski definition) is 5. The molecule has 0 fully saturated rings. The molecule has 1 aliphatic heterocycles. The van der Waals surface area contributed by atoms with E-state index in [4.69, 9.17) is 10.1 Å². The Morgan fingerprint density at radius 2 is 1.79 bits per heavy atom. The van der Waals surface area contributed by atoms with Gasteiger partial charge in [-0.3, -0.25) is 9.69 Å². The molecule has 0 aromatic heterocycles. The lowest BCUT2D eigenvalue weighted by Gasteiger charge is -2.41. The van der Waals surface area contributed by atoms with Crippen LogP contribution in [0.3, 0.4) is 0 Å². The molecule has 0 N–H and O–H groups in total. The second kappa shape index (κ2) is 9.39. The van der Waals surface area contributed by atoms with Crippen LogP contribution in [0, 0.1) is 11.3 Å². The first kappa shape index (κ1) is 24.5. The van der Waals surface area contributed by atoms with E-state index >= 15 is 0 Å². The van der Waals surface area contributed by atoms with E-state index in [1.807, 2.05) is 6.07 Å². The number of alkyl halides is 3. The number of urea groups is 1. The Balaban J connectivity index is 2.25. The molecule has 7 nitrogen and oxygen atoms in total. The number of benzene rings is 2. The molecule has 3 rings (SSSR count). The lowest BCUT2D eigenvalue weighted by molar-refractivity contribution is -0.183. The third-order valence-corrected chi connectivity index (χ3v) is 5.27. The molecule has 2 amide bonds. The number of rotatable bonds is 5. The molecule has 0 saturated heterocycles. The summed E-state index contributed by atoms with van der Waals surface area (Å²) in [6.45, 7) is 4.19. The molecule has 0 bridgehead atoms. The van der Waals surface area contributed by atoms with Gasteiger partial charge in [-0.05, 0) is 49.7 Å². The number of Topliss-reactive ketones (excluding diaryl/α,β-unsaturated/α-hetero) is 1. The predicted molar refractivity (Wildman–Crippen MR) is 115 cm³/mol. The van der Waals surface area contributed by atoms with E-state index in [0.717, 1.165) is 23.1 Å². The zero-order valence-electron chi connectivity index (χ0n) is 18.5. The van der Waals surface area contributed by atoms with Crippen molar-refractivity contribution in [1.29, 1.82) is 5.26 Å². The van der Waals surface area contributed by atoms with Crippen LogP contribution in [0.5, 0.6) is 0 Å². The smallest absolute Gasteiger partial charge is 0.336 e. The number of carbonyl (C=O) groups is 3. The fourth-order valence-corrected chi connectivity index (χ4v) is 3.67. The number of carbonyl (C=O) groups excluding carboxylic acids is 3. The Kier molecular flexibility index (Phi) is 6.77. The van der Waals surface area contributed by atoms with Crippen molar-refractivity contribution in [3.8, 4) is 6.07 Å². The first-order chi connectivity index (χ1) is 16.0. The van der Waals surface area contributed by atoms with Gasteiger partial charge >= 0.3 is 18.2 Å². The minimum absolute atomic E-state index is 0.0469. The molecule has 1 unspecified atom stereocenters. The molecule has 0 spiro atoms. The second-order valence-electron chi connectivity index (χ2n) is 7.50. The van der Waals surface area contributed by atoms with Crippen LogP contribution in [0.1, 0.15) is 49.9 Å². The van der Waals surface area contributed by atoms with Gasteiger partial charge in [0.2, 0.25) is 0 Å². The second-order valence-corrected chi connectivity index (χ2v) is 7.50. The maximum Gasteiger partial charge on any atom is 0.416 e. The molecule has 0 radical (unpaired) electrons. The number of nitriles is 1. The average Bonchev–Trinajstić information content (AvgIpc) is 2.80. The van der Waals surface area contributed by atoms with Crippen LogP contribution in [0.2, 0.25) is 0 Å². The monoisotopic (exact) mass is 471 g/mol. The highest BCUT2D eigenvalue weighted by molar-refractivity contribution is 6.04. The van der Waals surface area contributed by atoms with Crippen LogP contribution in [0.15, 0.2) is 59.8 Å². The van der Waals surface area contributed by atoms with Gasteiger partial charge in [0.25, 0.3) is 0 Å². The fraction of sp³-hybridized carbons (Fsp3) is 0.250. The van der Waals surface area contributed by atoms with E-state index < -0.39 is 35.6 Å². The minimum Gasteiger partial charge on any atom is -0.336 e. The normalized spacial score (nSPS) is 16.4. The number of amides is 2. The number of hydrogen-bond donors (Lipinski definition) is 0. The number of hydroxylamine groups is 2. The molecule has 1 aliphatic rings. The van der Waals surface area contributed by atoms with Gasteiger partial charge in [0, 0.05) is 17.7 Å². The van der Waals surface area contributed by atoms with Crippen LogP contribution in [-0.4, -0.2) is 22.8 Å². The molecule has 0 aliphatic carbocycles. The molecule has 2 aromatic carbocycles. The van der Waals surface area contributed by atoms with Gasteiger partial charge in [0.05, 0.1) is 22.9 Å². The molecule has 10 heteroatoms. The number of halogens is 3. The highest BCUT2D eigenvalue weighted by Crippen LogP contribution is 2.41. The standard InChI is InChI=1S/C24H20F3N3O4/c1-4-20(32)34-30-22(17-10-8-16(13-28)9-11-17)21(15(3)31)14(2)29(23(30)33)19-7-5-6-18(12-19)24(25,26)27/h5-12,22H,4H2,1-3H3. The Hall–Kier alpha value is -4.13. The Morgan fingerprint density at radius 3 is 2.32 bits per heavy atom. The SMILES string of the molecule is CCC(=O)ON1C(=O)N(c2cccc(C(F)(F)F)c2)C(C)=C(C(C)=O)C1c1ccc(C#N)cc1. The third-order valence-electron chi connectivity index (χ3n) is 5.27. The molecule has 1 atom stereocenters. The number of nitrogens with zero attached hydrogens (tertiary/aromatic N) is 3. The highest BCUT2D eigenvalue weighted by atomic mass is 19.4. The van der Waals surface area contributed by atoms with Gasteiger partial charge < -0.3 is 4.84 Å². The van der Waals surface area contributed by atoms with Gasteiger partial charge in [0.15, 0.2) is 5.78 Å². The van der Waals surface area contributed by atoms with Crippen molar-refractivity contribution in [1.82, 2.24) is 5.06 Å². The van der Waals surface area contributed by atoms with E-state index in [1.165, 1.54) is 51.1 Å². The molecule has 2 aromatic rings. The molecule has 176 valence electrons. The van der Waals surface area contributed by atoms with Crippen molar-refractivity contribution in [2.45, 2.75) is 39.4 Å². The van der Waals surface area contributed by atoms with Crippen LogP contribution in [0.4, 0.5) is 23.7 Å². The number of anilines is 1. The van der Waals surface area contributed by atoms with E-state index in [0.29, 0.717) is 16.2 Å². The summed E-state index contributed by atoms with van der Waals surface area (Å²) in [5, 5.41) is 9.76. The highest BCUT2D eigenvalue weighted by Gasteiger charge is 2.44. The average molecular weight is 471 g/mol. The van der Waals surface area contributed by atoms with Crippen molar-refractivity contribution in [3.63, 3.8) is 0 Å². The van der Waals surface area contributed by atoms with Crippen LogP contribution in [0.25, 0.3) is 0 Å². The molecule has 34 heavy (non-hydrogen) atoms. The largest absolute Gasteiger partial charge is 0.416 e. The van der Waals surface area contributed by atoms with Gasteiger partial charge in [-0.2, -0.15) is 18.4 Å². The molecular weight excluding hydrogens is 451 g/mol. The Labute approximate surface area is 193 Å². The van der Waals surface area contributed by atoms with Crippen molar-refractivity contribution in [2.75, 3.05) is 4.90 Å². The minimum atomic E-state index is -4.66. The maximum atomic E-state index is 13.5. The Morgan fingerprint density at radius 1 is 1.15 bits per heavy atom. The zero-order chi connectivity index (χ0) is 25.2. The van der Waals surface area contributed by atoms with E-state index in [-0.39, 0.29) is 23.4 Å². The quantitative estimate of drug-likeness (QED) is 0.591. The summed E-state index contributed by atoms with van der Waals surface area (Å²) >= 11 is 0. The van der Waals surface area contributed by atoms with Crippen LogP contribution < -0.4 is 4.90 Å². The summed E-state index contributed by atoms with van der Waals surface area (Å²) in [6, 6.07) is 9.91. The van der Waals surface area contributed by atoms with Crippen molar-refractivity contribution < 1.29 is 32.4 Å². The van der Waals surface area contributed by atoms with Gasteiger partial charge in [-0.25, -0.2) is 9.59 Å². The predicted octanol–water partition coefficient (Wildman–Crippen LogP) is 5.29. The van der Waals surface area contributed by atoms with Gasteiger partial charge in [0.1, 0.15) is 6.04 Å². The number of ketones is 1. The van der Waals surface area contributed by atoms with Crippen molar-refractivity contribution >= 4 is 23.5 Å². The van der Waals surface area contributed by atoms with Crippen molar-refractivity contribution in [3.05, 3.63) is 76.5 Å². The lowest BCUT2D eigenvalue weighted by Crippen LogP contribution is -2.51. The molecular formula is C24H20F3N3O4. The summed E-state index contributed by atoms with van der Waals surface area (Å²) in [5.74, 6) is -1.26. The molecule has 1 heterocycles. The summed E-state index contributed by atoms with van der Waals surface area (Å²) < 4.78 is 39.9. The lowest BCUT2D eigenvalue weighted by atomic mass is 9.91. The van der Waals surface area contributed by atoms with Crippen LogP contribution >= 0.6 is 0 Å². The Bertz CT molecular complexity index is 1210. The topological polar surface area (TPSA) is 90.7 Å². The summed E-state index contributed by atoms with van der Waals surface area (Å²) in [5.41, 5.74) is -0.281. The first-order valence-electron chi connectivity index (χ1n) is 10.2. The third kappa shape index (κ3) is 4.64. The fourth-order valence-electron chi connectivity index (χ4n) is 3.67. The van der Waals surface area contributed by atoms with Crippen LogP contribution in [-0.2, 0) is 20.6 Å². The van der Waals surface area contributed by atoms with Gasteiger partial charge in [-0.15, -0.1) is 5.06 Å². The maximum absolute atomic E-state index is 13.5.